The standard InChI is InChI=1S/C42H52N6O6/c1-46(2)34-16-12-30(13-17-34)38-39(31-14-18-35(19-15-31)47(3)4)48(41(45-38)33-26-36(50-5)40(52-7)37(27-33)51-6)28-29-8-10-32(11-9-29)42(49)44-21-23-54-25-24-53-22-20-43/h8-19,26-27H,20-25,28,43H2,1-7H3,(H,44,49). The molecule has 0 bridgehead atoms. The summed E-state index contributed by atoms with van der Waals surface area (Å²) in [5, 5.41) is 2.93. The van der Waals surface area contributed by atoms with Gasteiger partial charge in [-0.25, -0.2) is 4.98 Å². The van der Waals surface area contributed by atoms with Crippen LogP contribution in [0.4, 0.5) is 11.4 Å². The lowest BCUT2D eigenvalue weighted by atomic mass is 10.0. The van der Waals surface area contributed by atoms with Gasteiger partial charge < -0.3 is 49.1 Å². The van der Waals surface area contributed by atoms with Gasteiger partial charge in [-0.2, -0.15) is 0 Å². The van der Waals surface area contributed by atoms with E-state index in [1.807, 2.05) is 64.6 Å². The van der Waals surface area contributed by atoms with Gasteiger partial charge >= 0.3 is 0 Å². The molecule has 1 amide bonds. The fourth-order valence-electron chi connectivity index (χ4n) is 6.05. The second kappa shape index (κ2) is 19.0. The molecule has 54 heavy (non-hydrogen) atoms. The number of hydrogen-bond donors (Lipinski definition) is 2. The maximum Gasteiger partial charge on any atom is 0.251 e. The lowest BCUT2D eigenvalue weighted by molar-refractivity contribution is 0.0511. The van der Waals surface area contributed by atoms with Gasteiger partial charge in [0.25, 0.3) is 5.91 Å². The minimum atomic E-state index is -0.171. The minimum absolute atomic E-state index is 0.171. The van der Waals surface area contributed by atoms with E-state index >= 15 is 0 Å². The Morgan fingerprint density at radius 2 is 1.26 bits per heavy atom. The van der Waals surface area contributed by atoms with Crippen molar-refractivity contribution in [2.45, 2.75) is 6.54 Å². The predicted octanol–water partition coefficient (Wildman–Crippen LogP) is 5.81. The van der Waals surface area contributed by atoms with Crippen LogP contribution in [0.3, 0.4) is 0 Å². The van der Waals surface area contributed by atoms with E-state index in [1.54, 1.807) is 21.3 Å². The third-order valence-corrected chi connectivity index (χ3v) is 8.93. The third kappa shape index (κ3) is 9.51. The molecule has 0 aliphatic carbocycles. The van der Waals surface area contributed by atoms with E-state index in [0.29, 0.717) is 74.7 Å². The zero-order valence-electron chi connectivity index (χ0n) is 32.3. The number of nitrogens with zero attached hydrogens (tertiary/aromatic N) is 4. The molecular weight excluding hydrogens is 684 g/mol. The van der Waals surface area contributed by atoms with Crippen molar-refractivity contribution in [3.63, 3.8) is 0 Å². The van der Waals surface area contributed by atoms with Crippen LogP contribution in [0.2, 0.25) is 0 Å². The second-order valence-corrected chi connectivity index (χ2v) is 13.0. The van der Waals surface area contributed by atoms with Crippen molar-refractivity contribution >= 4 is 17.3 Å². The van der Waals surface area contributed by atoms with Crippen LogP contribution in [0.1, 0.15) is 15.9 Å². The SMILES string of the molecule is COc1cc(-c2nc(-c3ccc(N(C)C)cc3)c(-c3ccc(N(C)C)cc3)n2Cc2ccc(C(=O)NCCOCCOCCN)cc2)cc(OC)c1OC. The first kappa shape index (κ1) is 39.6. The second-order valence-electron chi connectivity index (χ2n) is 13.0. The highest BCUT2D eigenvalue weighted by Gasteiger charge is 2.24. The first-order valence-electron chi connectivity index (χ1n) is 17.9. The number of methoxy groups -OCH3 is 3. The van der Waals surface area contributed by atoms with Crippen molar-refractivity contribution in [1.82, 2.24) is 14.9 Å². The summed E-state index contributed by atoms with van der Waals surface area (Å²) < 4.78 is 30.3. The highest BCUT2D eigenvalue weighted by molar-refractivity contribution is 5.94. The van der Waals surface area contributed by atoms with Gasteiger partial charge in [-0.1, -0.05) is 36.4 Å². The number of benzene rings is 4. The number of aromatic nitrogens is 2. The van der Waals surface area contributed by atoms with E-state index < -0.39 is 0 Å². The van der Waals surface area contributed by atoms with Crippen molar-refractivity contribution in [2.24, 2.45) is 5.73 Å². The Kier molecular flexibility index (Phi) is 13.9. The van der Waals surface area contributed by atoms with Crippen LogP contribution >= 0.6 is 0 Å². The normalized spacial score (nSPS) is 11.0. The summed E-state index contributed by atoms with van der Waals surface area (Å²) in [6, 6.07) is 28.4. The highest BCUT2D eigenvalue weighted by Crippen LogP contribution is 2.44. The number of carbonyl (C=O) groups is 1. The molecule has 0 spiro atoms. The maximum atomic E-state index is 13.0. The number of amides is 1. The molecule has 1 aromatic heterocycles. The predicted molar refractivity (Wildman–Crippen MR) is 215 cm³/mol. The molecule has 4 aromatic carbocycles. The summed E-state index contributed by atoms with van der Waals surface area (Å²) >= 11 is 0. The van der Waals surface area contributed by atoms with Gasteiger partial charge in [-0.05, 0) is 54.1 Å². The van der Waals surface area contributed by atoms with Crippen LogP contribution in [-0.4, -0.2) is 104 Å². The molecule has 0 saturated carbocycles. The van der Waals surface area contributed by atoms with Gasteiger partial charge in [0.05, 0.1) is 59.1 Å². The van der Waals surface area contributed by atoms with E-state index in [-0.39, 0.29) is 5.91 Å². The molecule has 0 fully saturated rings. The monoisotopic (exact) mass is 736 g/mol. The molecule has 0 aliphatic heterocycles. The van der Waals surface area contributed by atoms with Crippen LogP contribution < -0.4 is 35.1 Å². The Balaban J connectivity index is 1.57. The fraction of sp³-hybridized carbons (Fsp3) is 0.333. The Labute approximate surface area is 318 Å². The quantitative estimate of drug-likeness (QED) is 0.100. The van der Waals surface area contributed by atoms with Crippen molar-refractivity contribution in [1.29, 1.82) is 0 Å². The van der Waals surface area contributed by atoms with Crippen molar-refractivity contribution < 1.29 is 28.5 Å². The van der Waals surface area contributed by atoms with Gasteiger partial charge in [-0.3, -0.25) is 4.79 Å². The molecule has 3 N–H and O–H groups in total. The van der Waals surface area contributed by atoms with E-state index in [0.717, 1.165) is 45.0 Å². The molecule has 0 aliphatic rings. The van der Waals surface area contributed by atoms with E-state index in [2.05, 4.69) is 68.2 Å². The Morgan fingerprint density at radius 1 is 0.704 bits per heavy atom. The van der Waals surface area contributed by atoms with Crippen LogP contribution in [-0.2, 0) is 16.0 Å². The van der Waals surface area contributed by atoms with Crippen molar-refractivity contribution in [3.05, 3.63) is 96.1 Å². The number of nitrogens with two attached hydrogens (primary N) is 1. The molecule has 0 radical (unpaired) electrons. The average Bonchev–Trinajstić information content (AvgIpc) is 3.57. The van der Waals surface area contributed by atoms with Gasteiger partial charge in [0.2, 0.25) is 5.75 Å². The van der Waals surface area contributed by atoms with Crippen LogP contribution in [0.5, 0.6) is 17.2 Å². The smallest absolute Gasteiger partial charge is 0.251 e. The summed E-state index contributed by atoms with van der Waals surface area (Å²) in [4.78, 5) is 22.5. The summed E-state index contributed by atoms with van der Waals surface area (Å²) in [5.74, 6) is 2.09. The van der Waals surface area contributed by atoms with Gasteiger partial charge in [0.1, 0.15) is 5.82 Å². The number of imidazole rings is 1. The van der Waals surface area contributed by atoms with Crippen molar-refractivity contribution in [3.8, 4) is 51.2 Å². The summed E-state index contributed by atoms with van der Waals surface area (Å²) in [6.07, 6.45) is 0. The lowest BCUT2D eigenvalue weighted by Gasteiger charge is -2.18. The molecule has 12 nitrogen and oxygen atoms in total. The maximum absolute atomic E-state index is 13.0. The minimum Gasteiger partial charge on any atom is -0.493 e. The summed E-state index contributed by atoms with van der Waals surface area (Å²) in [6.45, 7) is 3.13. The highest BCUT2D eigenvalue weighted by atomic mass is 16.5. The Hall–Kier alpha value is -5.56. The van der Waals surface area contributed by atoms with Crippen LogP contribution in [0.25, 0.3) is 33.9 Å². The third-order valence-electron chi connectivity index (χ3n) is 8.93. The van der Waals surface area contributed by atoms with Crippen molar-refractivity contribution in [2.75, 3.05) is 98.8 Å². The topological polar surface area (TPSA) is 126 Å². The number of carbonyl (C=O) groups excluding carboxylic acids is 1. The molecule has 12 heteroatoms. The molecule has 5 rings (SSSR count). The van der Waals surface area contributed by atoms with Gasteiger partial charge in [0.15, 0.2) is 11.5 Å². The number of ether oxygens (including phenoxy) is 5. The number of nitrogens with one attached hydrogen (secondary N) is 1. The summed E-state index contributed by atoms with van der Waals surface area (Å²) in [7, 11) is 12.9. The van der Waals surface area contributed by atoms with E-state index in [1.165, 1.54) is 0 Å². The molecule has 0 saturated heterocycles. The molecule has 1 heterocycles. The Bertz CT molecular complexity index is 1930. The molecule has 0 atom stereocenters. The average molecular weight is 737 g/mol. The van der Waals surface area contributed by atoms with E-state index in [4.69, 9.17) is 34.4 Å². The lowest BCUT2D eigenvalue weighted by Crippen LogP contribution is -2.27. The number of rotatable bonds is 19. The number of hydrogen-bond acceptors (Lipinski definition) is 10. The van der Waals surface area contributed by atoms with Gasteiger partial charge in [0, 0.05) is 81.5 Å². The zero-order valence-corrected chi connectivity index (χ0v) is 32.3. The zero-order chi connectivity index (χ0) is 38.6. The van der Waals surface area contributed by atoms with Crippen LogP contribution in [0, 0.1) is 0 Å². The molecule has 286 valence electrons. The van der Waals surface area contributed by atoms with Crippen LogP contribution in [0.15, 0.2) is 84.9 Å². The fourth-order valence-corrected chi connectivity index (χ4v) is 6.05. The molecular formula is C42H52N6O6. The molecule has 5 aromatic rings. The summed E-state index contributed by atoms with van der Waals surface area (Å²) in [5.41, 5.74) is 13.7. The first-order valence-corrected chi connectivity index (χ1v) is 17.9. The largest absolute Gasteiger partial charge is 0.493 e. The van der Waals surface area contributed by atoms with E-state index in [9.17, 15) is 4.79 Å². The first-order chi connectivity index (χ1) is 26.2. The molecule has 0 unspecified atom stereocenters. The van der Waals surface area contributed by atoms with Gasteiger partial charge in [-0.15, -0.1) is 0 Å². The number of anilines is 2. The Morgan fingerprint density at radius 3 is 1.78 bits per heavy atom.